The topological polar surface area (TPSA) is 33.4 Å². The highest BCUT2D eigenvalue weighted by Crippen LogP contribution is 2.29. The normalized spacial score (nSPS) is 12.8. The largest absolute Gasteiger partial charge is 0.458 e. The van der Waals surface area contributed by atoms with Gasteiger partial charge in [0.15, 0.2) is 0 Å². The fourth-order valence-electron chi connectivity index (χ4n) is 2.03. The van der Waals surface area contributed by atoms with Gasteiger partial charge in [-0.25, -0.2) is 4.39 Å². The van der Waals surface area contributed by atoms with Gasteiger partial charge in [-0.15, -0.1) is 0 Å². The second kappa shape index (κ2) is 4.68. The number of aliphatic hydroxyl groups excluding tert-OH is 1. The van der Waals surface area contributed by atoms with E-state index < -0.39 is 11.9 Å². The minimum absolute atomic E-state index is 0.241. The molecule has 0 spiro atoms. The van der Waals surface area contributed by atoms with E-state index in [1.807, 2.05) is 24.3 Å². The highest BCUT2D eigenvalue weighted by atomic mass is 35.5. The maximum Gasteiger partial charge on any atom is 0.138 e. The van der Waals surface area contributed by atoms with Gasteiger partial charge in [0.2, 0.25) is 0 Å². The molecule has 2 nitrogen and oxygen atoms in total. The van der Waals surface area contributed by atoms with Crippen molar-refractivity contribution in [3.8, 4) is 0 Å². The molecule has 0 aliphatic rings. The molecule has 0 bridgehead atoms. The zero-order chi connectivity index (χ0) is 13.4. The Morgan fingerprint density at radius 2 is 1.89 bits per heavy atom. The number of hydrogen-bond donors (Lipinski definition) is 1. The summed E-state index contributed by atoms with van der Waals surface area (Å²) in [5, 5.41) is 11.4. The number of halogens is 2. The van der Waals surface area contributed by atoms with Crippen LogP contribution in [0.25, 0.3) is 11.0 Å². The first-order valence-electron chi connectivity index (χ1n) is 5.76. The van der Waals surface area contributed by atoms with E-state index in [0.29, 0.717) is 16.9 Å². The van der Waals surface area contributed by atoms with Gasteiger partial charge in [0.05, 0.1) is 0 Å². The molecule has 1 N–H and O–H groups in total. The molecule has 4 heteroatoms. The lowest BCUT2D eigenvalue weighted by Crippen LogP contribution is -1.98. The summed E-state index contributed by atoms with van der Waals surface area (Å²) in [4.78, 5) is 0. The van der Waals surface area contributed by atoms with Crippen molar-refractivity contribution in [1.82, 2.24) is 0 Å². The van der Waals surface area contributed by atoms with Crippen molar-refractivity contribution in [3.05, 3.63) is 70.7 Å². The Hall–Kier alpha value is -1.84. The van der Waals surface area contributed by atoms with Crippen LogP contribution in [0.3, 0.4) is 0 Å². The van der Waals surface area contributed by atoms with Crippen molar-refractivity contribution < 1.29 is 13.9 Å². The van der Waals surface area contributed by atoms with Crippen molar-refractivity contribution in [1.29, 1.82) is 0 Å². The molecule has 96 valence electrons. The summed E-state index contributed by atoms with van der Waals surface area (Å²) in [5.41, 5.74) is 1.04. The maximum atomic E-state index is 13.3. The van der Waals surface area contributed by atoms with Crippen LogP contribution in [0.2, 0.25) is 5.02 Å². The molecule has 2 aromatic carbocycles. The third kappa shape index (κ3) is 2.35. The van der Waals surface area contributed by atoms with Crippen molar-refractivity contribution in [2.45, 2.75) is 6.10 Å². The Labute approximate surface area is 114 Å². The molecule has 0 radical (unpaired) electrons. The molecule has 0 aliphatic carbocycles. The smallest absolute Gasteiger partial charge is 0.138 e. The van der Waals surface area contributed by atoms with E-state index in [1.54, 1.807) is 6.07 Å². The summed E-state index contributed by atoms with van der Waals surface area (Å²) in [6, 6.07) is 13.1. The number of para-hydroxylation sites is 1. The first kappa shape index (κ1) is 12.2. The fraction of sp³-hybridized carbons (Fsp3) is 0.0667. The standard InChI is InChI=1S/C15H10ClFO2/c16-11-5-10(6-12(17)8-11)15(18)14-7-9-3-1-2-4-13(9)19-14/h1-8,15,18H. The van der Waals surface area contributed by atoms with Crippen LogP contribution in [0, 0.1) is 5.82 Å². The number of furan rings is 1. The number of benzene rings is 2. The Morgan fingerprint density at radius 1 is 1.11 bits per heavy atom. The van der Waals surface area contributed by atoms with Gasteiger partial charge in [0, 0.05) is 10.4 Å². The van der Waals surface area contributed by atoms with Crippen LogP contribution in [-0.2, 0) is 0 Å². The van der Waals surface area contributed by atoms with Gasteiger partial charge < -0.3 is 9.52 Å². The molecule has 3 aromatic rings. The first-order valence-corrected chi connectivity index (χ1v) is 6.14. The third-order valence-electron chi connectivity index (χ3n) is 2.91. The summed E-state index contributed by atoms with van der Waals surface area (Å²) in [7, 11) is 0. The lowest BCUT2D eigenvalue weighted by Gasteiger charge is -2.08. The van der Waals surface area contributed by atoms with E-state index in [2.05, 4.69) is 0 Å². The molecule has 0 amide bonds. The molecule has 0 aliphatic heterocycles. The molecule has 0 saturated carbocycles. The van der Waals surface area contributed by atoms with Crippen LogP contribution >= 0.6 is 11.6 Å². The lowest BCUT2D eigenvalue weighted by atomic mass is 10.1. The van der Waals surface area contributed by atoms with E-state index >= 15 is 0 Å². The summed E-state index contributed by atoms with van der Waals surface area (Å²) in [5.74, 6) is -0.125. The predicted molar refractivity (Wildman–Crippen MR) is 71.7 cm³/mol. The van der Waals surface area contributed by atoms with E-state index in [4.69, 9.17) is 16.0 Å². The van der Waals surface area contributed by atoms with Crippen LogP contribution < -0.4 is 0 Å². The second-order valence-electron chi connectivity index (χ2n) is 4.29. The third-order valence-corrected chi connectivity index (χ3v) is 3.13. The van der Waals surface area contributed by atoms with E-state index in [1.165, 1.54) is 18.2 Å². The second-order valence-corrected chi connectivity index (χ2v) is 4.73. The molecule has 1 atom stereocenters. The summed E-state index contributed by atoms with van der Waals surface area (Å²) >= 11 is 5.78. The van der Waals surface area contributed by atoms with Crippen molar-refractivity contribution in [2.24, 2.45) is 0 Å². The highest BCUT2D eigenvalue weighted by molar-refractivity contribution is 6.30. The van der Waals surface area contributed by atoms with Crippen LogP contribution in [0.5, 0.6) is 0 Å². The molecule has 3 rings (SSSR count). The Balaban J connectivity index is 2.05. The highest BCUT2D eigenvalue weighted by Gasteiger charge is 2.16. The average molecular weight is 277 g/mol. The van der Waals surface area contributed by atoms with Crippen molar-refractivity contribution >= 4 is 22.6 Å². The van der Waals surface area contributed by atoms with Crippen LogP contribution in [0.4, 0.5) is 4.39 Å². The fourth-order valence-corrected chi connectivity index (χ4v) is 2.26. The molecule has 19 heavy (non-hydrogen) atoms. The quantitative estimate of drug-likeness (QED) is 0.757. The van der Waals surface area contributed by atoms with Crippen LogP contribution in [-0.4, -0.2) is 5.11 Å². The molecule has 0 fully saturated rings. The average Bonchev–Trinajstić information content (AvgIpc) is 2.80. The molecule has 1 aromatic heterocycles. The van der Waals surface area contributed by atoms with Crippen molar-refractivity contribution in [3.63, 3.8) is 0 Å². The van der Waals surface area contributed by atoms with Crippen LogP contribution in [0.15, 0.2) is 52.9 Å². The van der Waals surface area contributed by atoms with Gasteiger partial charge in [0.1, 0.15) is 23.3 Å². The van der Waals surface area contributed by atoms with E-state index in [9.17, 15) is 9.50 Å². The van der Waals surface area contributed by atoms with Gasteiger partial charge in [-0.05, 0) is 35.9 Å². The monoisotopic (exact) mass is 276 g/mol. The molecular weight excluding hydrogens is 267 g/mol. The van der Waals surface area contributed by atoms with E-state index in [-0.39, 0.29) is 5.02 Å². The maximum absolute atomic E-state index is 13.3. The Morgan fingerprint density at radius 3 is 2.63 bits per heavy atom. The molecule has 1 unspecified atom stereocenters. The van der Waals surface area contributed by atoms with Crippen molar-refractivity contribution in [2.75, 3.05) is 0 Å². The van der Waals surface area contributed by atoms with Gasteiger partial charge in [-0.3, -0.25) is 0 Å². The summed E-state index contributed by atoms with van der Waals surface area (Å²) in [6.07, 6.45) is -1.04. The lowest BCUT2D eigenvalue weighted by molar-refractivity contribution is 0.192. The molecule has 0 saturated heterocycles. The summed E-state index contributed by atoms with van der Waals surface area (Å²) < 4.78 is 18.8. The Bertz CT molecular complexity index is 683. The first-order chi connectivity index (χ1) is 9.13. The van der Waals surface area contributed by atoms with E-state index in [0.717, 1.165) is 5.39 Å². The van der Waals surface area contributed by atoms with Gasteiger partial charge in [-0.2, -0.15) is 0 Å². The van der Waals surface area contributed by atoms with Crippen LogP contribution in [0.1, 0.15) is 17.4 Å². The van der Waals surface area contributed by atoms with Gasteiger partial charge in [0.25, 0.3) is 0 Å². The summed E-state index contributed by atoms with van der Waals surface area (Å²) in [6.45, 7) is 0. The minimum Gasteiger partial charge on any atom is -0.458 e. The number of aliphatic hydroxyl groups is 1. The zero-order valence-electron chi connectivity index (χ0n) is 9.81. The zero-order valence-corrected chi connectivity index (χ0v) is 10.6. The number of fused-ring (bicyclic) bond motifs is 1. The number of hydrogen-bond acceptors (Lipinski definition) is 2. The molecular formula is C15H10ClFO2. The molecule has 1 heterocycles. The Kier molecular flexibility index (Phi) is 3.01. The predicted octanol–water partition coefficient (Wildman–Crippen LogP) is 4.31. The minimum atomic E-state index is -1.04. The van der Waals surface area contributed by atoms with Gasteiger partial charge in [-0.1, -0.05) is 29.8 Å². The van der Waals surface area contributed by atoms with Gasteiger partial charge >= 0.3 is 0 Å². The SMILES string of the molecule is OC(c1cc(F)cc(Cl)c1)c1cc2ccccc2o1. The number of rotatable bonds is 2.